The van der Waals surface area contributed by atoms with Gasteiger partial charge >= 0.3 is 4.96 Å². The average molecular weight is 323 g/mol. The molecule has 0 aliphatic heterocycles. The summed E-state index contributed by atoms with van der Waals surface area (Å²) in [5, 5.41) is 3.49. The molecule has 0 bridgehead atoms. The highest BCUT2D eigenvalue weighted by molar-refractivity contribution is 14.1. The maximum absolute atomic E-state index is 12.3. The third kappa shape index (κ3) is 1.88. The second-order valence-electron chi connectivity index (χ2n) is 1.55. The molecule has 0 amide bonds. The van der Waals surface area contributed by atoms with Gasteiger partial charge in [0.2, 0.25) is 0 Å². The fourth-order valence-electron chi connectivity index (χ4n) is 0.443. The molecule has 56 valence electrons. The van der Waals surface area contributed by atoms with E-state index in [2.05, 4.69) is 21.0 Å². The lowest BCUT2D eigenvalue weighted by Crippen LogP contribution is -2.14. The van der Waals surface area contributed by atoms with E-state index in [0.29, 0.717) is 8.38 Å². The third-order valence-corrected chi connectivity index (χ3v) is 1.75. The number of nitrogens with zero attached hydrogens (tertiary/aromatic N) is 2. The maximum Gasteiger partial charge on any atom is 0.401 e. The third-order valence-electron chi connectivity index (χ3n) is 0.816. The van der Waals surface area contributed by atoms with E-state index in [0.717, 1.165) is 0 Å². The molecule has 6 heteroatoms. The van der Waals surface area contributed by atoms with Crippen molar-refractivity contribution in [3.63, 3.8) is 0 Å². The average Bonchev–Trinajstić information content (AvgIpc) is 2.11. The molecule has 0 aromatic carbocycles. The number of hydrogen-bond acceptors (Lipinski definition) is 1. The van der Waals surface area contributed by atoms with Crippen molar-refractivity contribution in [2.45, 2.75) is 4.96 Å². The molecule has 0 unspecified atom stereocenters. The summed E-state index contributed by atoms with van der Waals surface area (Å²) in [5.74, 6) is 0. The summed E-state index contributed by atoms with van der Waals surface area (Å²) in [5.41, 5.74) is 0. The molecule has 1 aromatic rings. The molecule has 0 N–H and O–H groups in total. The van der Waals surface area contributed by atoms with E-state index in [1.165, 1.54) is 12.3 Å². The summed E-state index contributed by atoms with van der Waals surface area (Å²) in [6.45, 7) is 0. The Morgan fingerprint density at radius 3 is 2.50 bits per heavy atom. The molecule has 2 nitrogen and oxygen atoms in total. The zero-order valence-electron chi connectivity index (χ0n) is 4.56. The minimum absolute atomic E-state index is 0.539. The molecular weight excluding hydrogens is 321 g/mol. The quantitative estimate of drug-likeness (QED) is 0.573. The van der Waals surface area contributed by atoms with Gasteiger partial charge < -0.3 is 0 Å². The van der Waals surface area contributed by atoms with E-state index in [-0.39, 0.29) is 0 Å². The van der Waals surface area contributed by atoms with E-state index < -0.39 is 4.96 Å². The van der Waals surface area contributed by atoms with Gasteiger partial charge in [0, 0.05) is 22.1 Å². The zero-order valence-corrected chi connectivity index (χ0v) is 8.30. The van der Waals surface area contributed by atoms with Gasteiger partial charge in [-0.1, -0.05) is 0 Å². The first kappa shape index (κ1) is 8.38. The lowest BCUT2D eigenvalue weighted by atomic mass is 10.8. The first-order valence-corrected chi connectivity index (χ1v) is 4.16. The molecule has 0 saturated carbocycles. The van der Waals surface area contributed by atoms with Crippen LogP contribution >= 0.6 is 38.5 Å². The van der Waals surface area contributed by atoms with Crippen LogP contribution in [0.2, 0.25) is 0 Å². The molecule has 0 radical (unpaired) electrons. The summed E-state index contributed by atoms with van der Waals surface area (Å²) in [7, 11) is 0. The minimum Gasteiger partial charge on any atom is -0.198 e. The molecule has 0 atom stereocenters. The monoisotopic (exact) mass is 322 g/mol. The Labute approximate surface area is 77.9 Å². The van der Waals surface area contributed by atoms with Gasteiger partial charge in [0.1, 0.15) is 3.70 Å². The molecule has 0 saturated heterocycles. The molecule has 0 fully saturated rings. The van der Waals surface area contributed by atoms with Crippen LogP contribution < -0.4 is 0 Å². The first-order chi connectivity index (χ1) is 4.50. The number of alkyl halides is 3. The number of aromatic nitrogens is 2. The number of halogens is 4. The standard InChI is InChI=1S/C4H2BrF2IN2/c5-4(6,7)10-2-1-3(8)9-10/h1-2H. The number of hydrogen-bond donors (Lipinski definition) is 0. The first-order valence-electron chi connectivity index (χ1n) is 2.28. The van der Waals surface area contributed by atoms with Crippen molar-refractivity contribution in [1.82, 2.24) is 9.78 Å². The van der Waals surface area contributed by atoms with Crippen LogP contribution in [0.25, 0.3) is 0 Å². The largest absolute Gasteiger partial charge is 0.401 e. The normalized spacial score (nSPS) is 12.0. The Kier molecular flexibility index (Phi) is 2.28. The molecule has 0 aliphatic rings. The van der Waals surface area contributed by atoms with Crippen LogP contribution in [0.4, 0.5) is 8.78 Å². The number of rotatable bonds is 1. The SMILES string of the molecule is FC(F)(Br)n1ccc(I)n1. The molecular formula is C4H2BrF2IN2. The van der Waals surface area contributed by atoms with Crippen LogP contribution in [0.3, 0.4) is 0 Å². The fourth-order valence-corrected chi connectivity index (χ4v) is 1.03. The molecule has 1 heterocycles. The molecule has 0 aliphatic carbocycles. The lowest BCUT2D eigenvalue weighted by Gasteiger charge is -2.06. The van der Waals surface area contributed by atoms with Gasteiger partial charge in [-0.15, -0.1) is 0 Å². The Morgan fingerprint density at radius 1 is 1.70 bits per heavy atom. The van der Waals surface area contributed by atoms with Crippen LogP contribution in [0.5, 0.6) is 0 Å². The van der Waals surface area contributed by atoms with Gasteiger partial charge in [0.05, 0.1) is 0 Å². The van der Waals surface area contributed by atoms with Crippen molar-refractivity contribution in [3.05, 3.63) is 16.0 Å². The zero-order chi connectivity index (χ0) is 7.78. The predicted octanol–water partition coefficient (Wildman–Crippen LogP) is 2.39. The predicted molar refractivity (Wildman–Crippen MR) is 44.1 cm³/mol. The Balaban J connectivity index is 2.96. The van der Waals surface area contributed by atoms with E-state index in [1.54, 1.807) is 0 Å². The van der Waals surface area contributed by atoms with Crippen molar-refractivity contribution < 1.29 is 8.78 Å². The lowest BCUT2D eigenvalue weighted by molar-refractivity contribution is 0.0197. The highest BCUT2D eigenvalue weighted by Gasteiger charge is 2.26. The molecule has 10 heavy (non-hydrogen) atoms. The van der Waals surface area contributed by atoms with Crippen molar-refractivity contribution in [2.24, 2.45) is 0 Å². The van der Waals surface area contributed by atoms with Crippen LogP contribution in [-0.4, -0.2) is 9.78 Å². The van der Waals surface area contributed by atoms with Gasteiger partial charge in [-0.05, 0) is 28.7 Å². The Morgan fingerprint density at radius 2 is 2.30 bits per heavy atom. The van der Waals surface area contributed by atoms with Crippen LogP contribution in [-0.2, 0) is 4.96 Å². The van der Waals surface area contributed by atoms with Crippen molar-refractivity contribution in [2.75, 3.05) is 0 Å². The topological polar surface area (TPSA) is 17.8 Å². The molecule has 1 aromatic heterocycles. The van der Waals surface area contributed by atoms with Gasteiger partial charge in [0.15, 0.2) is 0 Å². The van der Waals surface area contributed by atoms with E-state index in [9.17, 15) is 8.78 Å². The van der Waals surface area contributed by atoms with Crippen molar-refractivity contribution in [1.29, 1.82) is 0 Å². The summed E-state index contributed by atoms with van der Waals surface area (Å²) in [4.78, 5) is -3.07. The van der Waals surface area contributed by atoms with E-state index >= 15 is 0 Å². The fraction of sp³-hybridized carbons (Fsp3) is 0.250. The summed E-state index contributed by atoms with van der Waals surface area (Å²) in [6.07, 6.45) is 1.20. The van der Waals surface area contributed by atoms with Crippen LogP contribution in [0.1, 0.15) is 0 Å². The summed E-state index contributed by atoms with van der Waals surface area (Å²) >= 11 is 4.02. The Bertz CT molecular complexity index is 231. The molecule has 0 spiro atoms. The maximum atomic E-state index is 12.3. The van der Waals surface area contributed by atoms with E-state index in [1.807, 2.05) is 22.6 Å². The van der Waals surface area contributed by atoms with Gasteiger partial charge in [-0.2, -0.15) is 18.6 Å². The highest BCUT2D eigenvalue weighted by atomic mass is 127. The van der Waals surface area contributed by atoms with Gasteiger partial charge in [-0.3, -0.25) is 0 Å². The highest BCUT2D eigenvalue weighted by Crippen LogP contribution is 2.27. The van der Waals surface area contributed by atoms with Crippen LogP contribution in [0.15, 0.2) is 12.3 Å². The van der Waals surface area contributed by atoms with E-state index in [4.69, 9.17) is 0 Å². The van der Waals surface area contributed by atoms with Crippen molar-refractivity contribution >= 4 is 38.5 Å². The van der Waals surface area contributed by atoms with Gasteiger partial charge in [0.25, 0.3) is 0 Å². The summed E-state index contributed by atoms with van der Waals surface area (Å²) in [6, 6.07) is 1.50. The minimum atomic E-state index is -3.07. The second-order valence-corrected chi connectivity index (χ2v) is 3.61. The molecule has 1 rings (SSSR count). The van der Waals surface area contributed by atoms with Crippen LogP contribution in [0, 0.1) is 3.70 Å². The Hall–Kier alpha value is 0.280. The smallest absolute Gasteiger partial charge is 0.198 e. The van der Waals surface area contributed by atoms with Gasteiger partial charge in [-0.25, -0.2) is 0 Å². The second kappa shape index (κ2) is 2.72. The van der Waals surface area contributed by atoms with Crippen molar-refractivity contribution in [3.8, 4) is 0 Å². The summed E-state index contributed by atoms with van der Waals surface area (Å²) < 4.78 is 25.7.